The van der Waals surface area contributed by atoms with Crippen molar-refractivity contribution in [1.29, 1.82) is 0 Å². The third kappa shape index (κ3) is 3.01. The Morgan fingerprint density at radius 1 is 1.18 bits per heavy atom. The van der Waals surface area contributed by atoms with Crippen molar-refractivity contribution in [3.05, 3.63) is 24.4 Å². The molecule has 0 saturated carbocycles. The monoisotopic (exact) mass is 318 g/mol. The van der Waals surface area contributed by atoms with Crippen molar-refractivity contribution in [2.45, 2.75) is 0 Å². The summed E-state index contributed by atoms with van der Waals surface area (Å²) in [4.78, 5) is 21.9. The molecule has 0 bridgehead atoms. The number of aromatic nitrogens is 3. The smallest absolute Gasteiger partial charge is 0.319 e. The quantitative estimate of drug-likeness (QED) is 0.837. The minimum absolute atomic E-state index is 0.0612. The van der Waals surface area contributed by atoms with Gasteiger partial charge in [-0.15, -0.1) is 10.2 Å². The van der Waals surface area contributed by atoms with E-state index >= 15 is 0 Å². The Labute approximate surface area is 133 Å². The molecule has 1 saturated heterocycles. The number of amides is 2. The molecule has 3 rings (SSSR count). The summed E-state index contributed by atoms with van der Waals surface area (Å²) in [5.41, 5.74) is 0.840. The van der Waals surface area contributed by atoms with E-state index in [1.165, 1.54) is 11.3 Å². The lowest BCUT2D eigenvalue weighted by Gasteiger charge is -2.35. The molecule has 2 amide bonds. The van der Waals surface area contributed by atoms with Crippen LogP contribution in [-0.2, 0) is 0 Å². The first kappa shape index (κ1) is 14.7. The second-order valence-electron chi connectivity index (χ2n) is 5.26. The Bertz CT molecular complexity index is 636. The van der Waals surface area contributed by atoms with Crippen molar-refractivity contribution in [1.82, 2.24) is 25.0 Å². The average Bonchev–Trinajstić information content (AvgIpc) is 3.05. The SMILES string of the molecule is CN(C)C(=O)N1CCN(c2nnc(-c3ccccn3)s2)CC1. The molecular formula is C14H18N6OS. The number of urea groups is 1. The second kappa shape index (κ2) is 6.27. The molecule has 2 aromatic rings. The van der Waals surface area contributed by atoms with Gasteiger partial charge in [0, 0.05) is 46.5 Å². The third-order valence-electron chi connectivity index (χ3n) is 3.50. The van der Waals surface area contributed by atoms with Crippen LogP contribution in [0.15, 0.2) is 24.4 Å². The number of hydrogen-bond donors (Lipinski definition) is 0. The molecule has 22 heavy (non-hydrogen) atoms. The fraction of sp³-hybridized carbons (Fsp3) is 0.429. The van der Waals surface area contributed by atoms with Crippen LogP contribution in [0, 0.1) is 0 Å². The second-order valence-corrected chi connectivity index (χ2v) is 6.21. The Hall–Kier alpha value is -2.22. The summed E-state index contributed by atoms with van der Waals surface area (Å²) in [6, 6.07) is 5.81. The van der Waals surface area contributed by atoms with E-state index in [0.717, 1.165) is 28.9 Å². The lowest BCUT2D eigenvalue weighted by molar-refractivity contribution is 0.168. The fourth-order valence-corrected chi connectivity index (χ4v) is 3.18. The number of rotatable bonds is 2. The van der Waals surface area contributed by atoms with Gasteiger partial charge >= 0.3 is 6.03 Å². The minimum atomic E-state index is 0.0612. The fourth-order valence-electron chi connectivity index (χ4n) is 2.31. The Morgan fingerprint density at radius 2 is 1.95 bits per heavy atom. The molecule has 116 valence electrons. The number of hydrogen-bond acceptors (Lipinski definition) is 6. The van der Waals surface area contributed by atoms with Crippen molar-refractivity contribution < 1.29 is 4.79 Å². The van der Waals surface area contributed by atoms with E-state index in [0.29, 0.717) is 13.1 Å². The number of carbonyl (C=O) groups is 1. The maximum Gasteiger partial charge on any atom is 0.319 e. The molecule has 0 radical (unpaired) electrons. The molecule has 0 N–H and O–H groups in total. The van der Waals surface area contributed by atoms with Gasteiger partial charge in [-0.25, -0.2) is 4.79 Å². The van der Waals surface area contributed by atoms with Gasteiger partial charge in [-0.2, -0.15) is 0 Å². The van der Waals surface area contributed by atoms with Crippen LogP contribution in [0.2, 0.25) is 0 Å². The Morgan fingerprint density at radius 3 is 2.59 bits per heavy atom. The van der Waals surface area contributed by atoms with E-state index in [9.17, 15) is 4.79 Å². The molecule has 0 spiro atoms. The number of nitrogens with zero attached hydrogens (tertiary/aromatic N) is 6. The number of carbonyl (C=O) groups excluding carboxylic acids is 1. The van der Waals surface area contributed by atoms with Crippen LogP contribution in [0.3, 0.4) is 0 Å². The zero-order valence-corrected chi connectivity index (χ0v) is 13.5. The number of pyridine rings is 1. The average molecular weight is 318 g/mol. The summed E-state index contributed by atoms with van der Waals surface area (Å²) in [6.07, 6.45) is 1.75. The van der Waals surface area contributed by atoms with Gasteiger partial charge < -0.3 is 14.7 Å². The lowest BCUT2D eigenvalue weighted by Crippen LogP contribution is -2.51. The molecule has 1 aliphatic rings. The van der Waals surface area contributed by atoms with Crippen LogP contribution in [0.25, 0.3) is 10.7 Å². The Balaban J connectivity index is 1.65. The highest BCUT2D eigenvalue weighted by Crippen LogP contribution is 2.27. The van der Waals surface area contributed by atoms with E-state index in [2.05, 4.69) is 20.1 Å². The first-order valence-corrected chi connectivity index (χ1v) is 7.93. The van der Waals surface area contributed by atoms with Crippen molar-refractivity contribution in [2.24, 2.45) is 0 Å². The molecule has 1 aliphatic heterocycles. The zero-order valence-electron chi connectivity index (χ0n) is 12.6. The van der Waals surface area contributed by atoms with Crippen LogP contribution < -0.4 is 4.90 Å². The summed E-state index contributed by atoms with van der Waals surface area (Å²) < 4.78 is 0. The van der Waals surface area contributed by atoms with E-state index in [-0.39, 0.29) is 6.03 Å². The molecule has 1 fully saturated rings. The molecule has 0 aromatic carbocycles. The highest BCUT2D eigenvalue weighted by molar-refractivity contribution is 7.18. The number of piperazine rings is 1. The maximum atomic E-state index is 11.9. The third-order valence-corrected chi connectivity index (χ3v) is 4.51. The van der Waals surface area contributed by atoms with Crippen molar-refractivity contribution in [3.8, 4) is 10.7 Å². The predicted molar refractivity (Wildman–Crippen MR) is 86.0 cm³/mol. The van der Waals surface area contributed by atoms with Crippen LogP contribution in [0.5, 0.6) is 0 Å². The van der Waals surface area contributed by atoms with Crippen LogP contribution in [0.1, 0.15) is 0 Å². The van der Waals surface area contributed by atoms with Gasteiger partial charge in [0.15, 0.2) is 5.01 Å². The van der Waals surface area contributed by atoms with Crippen LogP contribution in [-0.4, -0.2) is 71.3 Å². The standard InChI is InChI=1S/C14H18N6OS/c1-18(2)14(21)20-9-7-19(8-10-20)13-17-16-12(22-13)11-5-3-4-6-15-11/h3-6H,7-10H2,1-2H3. The van der Waals surface area contributed by atoms with Crippen molar-refractivity contribution in [2.75, 3.05) is 45.2 Å². The summed E-state index contributed by atoms with van der Waals surface area (Å²) in [5, 5.41) is 10.2. The van der Waals surface area contributed by atoms with Gasteiger partial charge in [0.2, 0.25) is 5.13 Å². The molecule has 2 aromatic heterocycles. The molecule has 8 heteroatoms. The maximum absolute atomic E-state index is 11.9. The van der Waals surface area contributed by atoms with Gasteiger partial charge in [0.25, 0.3) is 0 Å². The highest BCUT2D eigenvalue weighted by Gasteiger charge is 2.24. The first-order chi connectivity index (χ1) is 10.6. The zero-order chi connectivity index (χ0) is 15.5. The van der Waals surface area contributed by atoms with Gasteiger partial charge in [-0.1, -0.05) is 17.4 Å². The minimum Gasteiger partial charge on any atom is -0.343 e. The van der Waals surface area contributed by atoms with E-state index in [1.807, 2.05) is 23.1 Å². The van der Waals surface area contributed by atoms with Gasteiger partial charge in [-0.05, 0) is 12.1 Å². The Kier molecular flexibility index (Phi) is 4.19. The molecule has 0 aliphatic carbocycles. The molecule has 0 atom stereocenters. The molecule has 3 heterocycles. The topological polar surface area (TPSA) is 65.5 Å². The largest absolute Gasteiger partial charge is 0.343 e. The molecule has 0 unspecified atom stereocenters. The van der Waals surface area contributed by atoms with Gasteiger partial charge in [-0.3, -0.25) is 4.98 Å². The highest BCUT2D eigenvalue weighted by atomic mass is 32.1. The van der Waals surface area contributed by atoms with Crippen LogP contribution >= 0.6 is 11.3 Å². The molecule has 7 nitrogen and oxygen atoms in total. The van der Waals surface area contributed by atoms with Crippen molar-refractivity contribution >= 4 is 22.5 Å². The number of anilines is 1. The summed E-state index contributed by atoms with van der Waals surface area (Å²) in [6.45, 7) is 2.96. The van der Waals surface area contributed by atoms with Gasteiger partial charge in [0.05, 0.1) is 0 Å². The predicted octanol–water partition coefficient (Wildman–Crippen LogP) is 1.40. The summed E-state index contributed by atoms with van der Waals surface area (Å²) in [5.74, 6) is 0. The lowest BCUT2D eigenvalue weighted by atomic mass is 10.3. The van der Waals surface area contributed by atoms with E-state index in [4.69, 9.17) is 0 Å². The summed E-state index contributed by atoms with van der Waals surface area (Å²) >= 11 is 1.54. The van der Waals surface area contributed by atoms with Crippen LogP contribution in [0.4, 0.5) is 9.93 Å². The summed E-state index contributed by atoms with van der Waals surface area (Å²) in [7, 11) is 3.55. The van der Waals surface area contributed by atoms with E-state index < -0.39 is 0 Å². The van der Waals surface area contributed by atoms with Gasteiger partial charge in [0.1, 0.15) is 5.69 Å². The van der Waals surface area contributed by atoms with Crippen molar-refractivity contribution in [3.63, 3.8) is 0 Å². The van der Waals surface area contributed by atoms with E-state index in [1.54, 1.807) is 25.2 Å². The molecular weight excluding hydrogens is 300 g/mol. The first-order valence-electron chi connectivity index (χ1n) is 7.11. The normalized spacial score (nSPS) is 15.0.